The van der Waals surface area contributed by atoms with Crippen LogP contribution in [0.25, 0.3) is 10.9 Å². The van der Waals surface area contributed by atoms with Crippen molar-refractivity contribution in [2.75, 3.05) is 0 Å². The first-order chi connectivity index (χ1) is 9.24. The minimum atomic E-state index is 0.0444. The van der Waals surface area contributed by atoms with E-state index in [1.54, 1.807) is 10.9 Å². The largest absolute Gasteiger partial charge is 0.294 e. The van der Waals surface area contributed by atoms with Gasteiger partial charge < -0.3 is 0 Å². The minimum Gasteiger partial charge on any atom is -0.294 e. The number of hydrogen-bond acceptors (Lipinski definition) is 3. The smallest absolute Gasteiger partial charge is 0.171 e. The number of hydrogen-bond donors (Lipinski definition) is 0. The fourth-order valence-corrected chi connectivity index (χ4v) is 2.15. The van der Waals surface area contributed by atoms with Gasteiger partial charge in [-0.3, -0.25) is 14.5 Å². The second-order valence-electron chi connectivity index (χ2n) is 4.46. The van der Waals surface area contributed by atoms with Gasteiger partial charge in [-0.25, -0.2) is 0 Å². The molecule has 0 saturated carbocycles. The van der Waals surface area contributed by atoms with Crippen LogP contribution < -0.4 is 0 Å². The standard InChI is InChI=1S/C15H13N3O/c1-18-9-7-12(17-18)10-14(19)13-6-2-4-11-5-3-8-16-15(11)13/h2-9H,10H2,1H3. The molecule has 4 heteroatoms. The molecule has 0 fully saturated rings. The van der Waals surface area contributed by atoms with E-state index in [0.717, 1.165) is 16.6 Å². The highest BCUT2D eigenvalue weighted by Crippen LogP contribution is 2.17. The van der Waals surface area contributed by atoms with Crippen LogP contribution in [-0.4, -0.2) is 20.5 Å². The van der Waals surface area contributed by atoms with E-state index in [1.165, 1.54) is 0 Å². The summed E-state index contributed by atoms with van der Waals surface area (Å²) in [6.45, 7) is 0. The fourth-order valence-electron chi connectivity index (χ4n) is 2.15. The minimum absolute atomic E-state index is 0.0444. The summed E-state index contributed by atoms with van der Waals surface area (Å²) in [7, 11) is 1.84. The Bertz CT molecular complexity index is 740. The molecule has 0 N–H and O–H groups in total. The number of aryl methyl sites for hydroxylation is 1. The predicted molar refractivity (Wildman–Crippen MR) is 73.0 cm³/mol. The first kappa shape index (κ1) is 11.6. The fraction of sp³-hybridized carbons (Fsp3) is 0.133. The first-order valence-corrected chi connectivity index (χ1v) is 6.09. The maximum Gasteiger partial charge on any atom is 0.171 e. The van der Waals surface area contributed by atoms with Crippen molar-refractivity contribution in [1.29, 1.82) is 0 Å². The van der Waals surface area contributed by atoms with Gasteiger partial charge >= 0.3 is 0 Å². The van der Waals surface area contributed by atoms with Gasteiger partial charge in [-0.05, 0) is 18.2 Å². The van der Waals surface area contributed by atoms with Crippen molar-refractivity contribution in [3.63, 3.8) is 0 Å². The summed E-state index contributed by atoms with van der Waals surface area (Å²) < 4.78 is 1.70. The molecule has 0 saturated heterocycles. The lowest BCUT2D eigenvalue weighted by Gasteiger charge is -2.03. The highest BCUT2D eigenvalue weighted by molar-refractivity contribution is 6.07. The monoisotopic (exact) mass is 251 g/mol. The van der Waals surface area contributed by atoms with Crippen molar-refractivity contribution in [1.82, 2.24) is 14.8 Å². The van der Waals surface area contributed by atoms with Crippen LogP contribution in [-0.2, 0) is 13.5 Å². The summed E-state index contributed by atoms with van der Waals surface area (Å²) in [5, 5.41) is 5.21. The Balaban J connectivity index is 1.97. The number of pyridine rings is 1. The number of rotatable bonds is 3. The number of benzene rings is 1. The van der Waals surface area contributed by atoms with E-state index in [4.69, 9.17) is 0 Å². The van der Waals surface area contributed by atoms with E-state index in [1.807, 2.05) is 49.6 Å². The topological polar surface area (TPSA) is 47.8 Å². The number of fused-ring (bicyclic) bond motifs is 1. The first-order valence-electron chi connectivity index (χ1n) is 6.09. The molecule has 0 unspecified atom stereocenters. The quantitative estimate of drug-likeness (QED) is 0.671. The number of Topliss-reactive ketones (excluding diaryl/α,β-unsaturated/α-hetero) is 1. The lowest BCUT2D eigenvalue weighted by molar-refractivity contribution is 0.0993. The molecule has 1 aromatic carbocycles. The van der Waals surface area contributed by atoms with Crippen LogP contribution in [0.2, 0.25) is 0 Å². The number of ketones is 1. The van der Waals surface area contributed by atoms with Gasteiger partial charge in [0.2, 0.25) is 0 Å². The van der Waals surface area contributed by atoms with E-state index in [2.05, 4.69) is 10.1 Å². The Labute approximate surface area is 110 Å². The third-order valence-electron chi connectivity index (χ3n) is 3.04. The molecule has 2 aromatic heterocycles. The highest BCUT2D eigenvalue weighted by Gasteiger charge is 2.12. The van der Waals surface area contributed by atoms with Gasteiger partial charge in [0.25, 0.3) is 0 Å². The normalized spacial score (nSPS) is 10.8. The molecule has 3 rings (SSSR count). The molecule has 3 aromatic rings. The molecule has 0 bridgehead atoms. The summed E-state index contributed by atoms with van der Waals surface area (Å²) in [4.78, 5) is 16.7. The maximum atomic E-state index is 12.3. The SMILES string of the molecule is Cn1ccc(CC(=O)c2cccc3cccnc23)n1. The van der Waals surface area contributed by atoms with Crippen LogP contribution >= 0.6 is 0 Å². The molecule has 0 aliphatic heterocycles. The molecule has 2 heterocycles. The van der Waals surface area contributed by atoms with E-state index in [-0.39, 0.29) is 5.78 Å². The van der Waals surface area contributed by atoms with Crippen LogP contribution in [0.1, 0.15) is 16.1 Å². The van der Waals surface area contributed by atoms with Gasteiger partial charge in [0, 0.05) is 30.4 Å². The molecular formula is C15H13N3O. The number of carbonyl (C=O) groups is 1. The zero-order valence-electron chi connectivity index (χ0n) is 10.6. The molecule has 0 amide bonds. The van der Waals surface area contributed by atoms with Crippen LogP contribution in [0, 0.1) is 0 Å². The van der Waals surface area contributed by atoms with Gasteiger partial charge in [0.1, 0.15) is 0 Å². The number of nitrogens with zero attached hydrogens (tertiary/aromatic N) is 3. The molecule has 0 atom stereocenters. The lowest BCUT2D eigenvalue weighted by atomic mass is 10.0. The second kappa shape index (κ2) is 4.65. The third kappa shape index (κ3) is 2.25. The van der Waals surface area contributed by atoms with Crippen molar-refractivity contribution in [3.05, 3.63) is 60.0 Å². The molecular weight excluding hydrogens is 238 g/mol. The van der Waals surface area contributed by atoms with E-state index >= 15 is 0 Å². The molecule has 0 aliphatic carbocycles. The maximum absolute atomic E-state index is 12.3. The van der Waals surface area contributed by atoms with Crippen molar-refractivity contribution in [3.8, 4) is 0 Å². The van der Waals surface area contributed by atoms with Crippen LogP contribution in [0.15, 0.2) is 48.8 Å². The second-order valence-corrected chi connectivity index (χ2v) is 4.46. The van der Waals surface area contributed by atoms with Crippen LogP contribution in [0.4, 0.5) is 0 Å². The Hall–Kier alpha value is -2.49. The third-order valence-corrected chi connectivity index (χ3v) is 3.04. The molecule has 19 heavy (non-hydrogen) atoms. The summed E-state index contributed by atoms with van der Waals surface area (Å²) in [6.07, 6.45) is 3.85. The Morgan fingerprint density at radius 2 is 2.05 bits per heavy atom. The molecule has 0 radical (unpaired) electrons. The van der Waals surface area contributed by atoms with Crippen molar-refractivity contribution in [2.24, 2.45) is 7.05 Å². The van der Waals surface area contributed by atoms with Gasteiger partial charge in [0.05, 0.1) is 17.6 Å². The number of aromatic nitrogens is 3. The Morgan fingerprint density at radius 3 is 2.84 bits per heavy atom. The van der Waals surface area contributed by atoms with E-state index in [0.29, 0.717) is 12.0 Å². The molecule has 0 aliphatic rings. The van der Waals surface area contributed by atoms with Gasteiger partial charge in [-0.1, -0.05) is 18.2 Å². The lowest BCUT2D eigenvalue weighted by Crippen LogP contribution is -2.06. The zero-order chi connectivity index (χ0) is 13.2. The Kier molecular flexibility index (Phi) is 2.83. The number of carbonyl (C=O) groups excluding carboxylic acids is 1. The predicted octanol–water partition coefficient (Wildman–Crippen LogP) is 2.39. The summed E-state index contributed by atoms with van der Waals surface area (Å²) >= 11 is 0. The van der Waals surface area contributed by atoms with Crippen molar-refractivity contribution < 1.29 is 4.79 Å². The van der Waals surface area contributed by atoms with Crippen molar-refractivity contribution in [2.45, 2.75) is 6.42 Å². The molecule has 0 spiro atoms. The molecule has 94 valence electrons. The van der Waals surface area contributed by atoms with Crippen LogP contribution in [0.5, 0.6) is 0 Å². The summed E-state index contributed by atoms with van der Waals surface area (Å²) in [5.74, 6) is 0.0444. The average molecular weight is 251 g/mol. The Morgan fingerprint density at radius 1 is 1.21 bits per heavy atom. The van der Waals surface area contributed by atoms with Crippen molar-refractivity contribution >= 4 is 16.7 Å². The molecule has 4 nitrogen and oxygen atoms in total. The zero-order valence-corrected chi connectivity index (χ0v) is 10.6. The van der Waals surface area contributed by atoms with Gasteiger partial charge in [0.15, 0.2) is 5.78 Å². The van der Waals surface area contributed by atoms with E-state index < -0.39 is 0 Å². The summed E-state index contributed by atoms with van der Waals surface area (Å²) in [5.41, 5.74) is 2.19. The van der Waals surface area contributed by atoms with Crippen LogP contribution in [0.3, 0.4) is 0 Å². The van der Waals surface area contributed by atoms with Gasteiger partial charge in [-0.2, -0.15) is 5.10 Å². The highest BCUT2D eigenvalue weighted by atomic mass is 16.1. The van der Waals surface area contributed by atoms with E-state index in [9.17, 15) is 4.79 Å². The van der Waals surface area contributed by atoms with Gasteiger partial charge in [-0.15, -0.1) is 0 Å². The number of para-hydroxylation sites is 1. The summed E-state index contributed by atoms with van der Waals surface area (Å²) in [6, 6.07) is 11.3. The average Bonchev–Trinajstić information content (AvgIpc) is 2.83.